The van der Waals surface area contributed by atoms with Crippen molar-refractivity contribution < 1.29 is 19.1 Å². The van der Waals surface area contributed by atoms with E-state index in [1.165, 1.54) is 7.11 Å². The van der Waals surface area contributed by atoms with Crippen LogP contribution in [0.5, 0.6) is 0 Å². The lowest BCUT2D eigenvalue weighted by Gasteiger charge is -2.18. The fourth-order valence-electron chi connectivity index (χ4n) is 2.40. The molecule has 0 fully saturated rings. The van der Waals surface area contributed by atoms with Gasteiger partial charge in [0, 0.05) is 6.54 Å². The standard InChI is InChI=1S/C17H25NO4/c1-6-18(7-2)8-9-22-17(20)15-12(3)10-14(11-13(15)4)16(19)21-5/h10-11H,6-9H2,1-5H3. The molecule has 0 heterocycles. The maximum atomic E-state index is 12.2. The molecule has 0 atom stereocenters. The number of hydrogen-bond donors (Lipinski definition) is 0. The smallest absolute Gasteiger partial charge is 0.338 e. The zero-order chi connectivity index (χ0) is 16.7. The number of likely N-dealkylation sites (N-methyl/N-ethyl adjacent to an activating group) is 1. The third kappa shape index (κ3) is 4.56. The fraction of sp³-hybridized carbons (Fsp3) is 0.529. The molecular formula is C17H25NO4. The molecule has 0 radical (unpaired) electrons. The number of methoxy groups -OCH3 is 1. The molecule has 5 nitrogen and oxygen atoms in total. The molecule has 122 valence electrons. The lowest BCUT2D eigenvalue weighted by Crippen LogP contribution is -2.28. The highest BCUT2D eigenvalue weighted by Gasteiger charge is 2.17. The molecule has 0 saturated heterocycles. The highest BCUT2D eigenvalue weighted by Crippen LogP contribution is 2.18. The zero-order valence-electron chi connectivity index (χ0n) is 14.1. The van der Waals surface area contributed by atoms with E-state index in [0.29, 0.717) is 28.9 Å². The summed E-state index contributed by atoms with van der Waals surface area (Å²) >= 11 is 0. The Bertz CT molecular complexity index is 512. The molecule has 0 unspecified atom stereocenters. The molecule has 22 heavy (non-hydrogen) atoms. The molecular weight excluding hydrogens is 282 g/mol. The van der Waals surface area contributed by atoms with Gasteiger partial charge in [0.05, 0.1) is 18.2 Å². The molecule has 1 aromatic rings. The Labute approximate surface area is 132 Å². The van der Waals surface area contributed by atoms with Crippen LogP contribution in [0, 0.1) is 13.8 Å². The number of esters is 2. The second-order valence-corrected chi connectivity index (χ2v) is 5.14. The van der Waals surface area contributed by atoms with Crippen LogP contribution in [-0.2, 0) is 9.47 Å². The van der Waals surface area contributed by atoms with Gasteiger partial charge in [0.15, 0.2) is 0 Å². The summed E-state index contributed by atoms with van der Waals surface area (Å²) in [5.41, 5.74) is 2.39. The Kier molecular flexibility index (Phi) is 7.05. The van der Waals surface area contributed by atoms with Crippen LogP contribution in [-0.4, -0.2) is 50.2 Å². The minimum Gasteiger partial charge on any atom is -0.465 e. The summed E-state index contributed by atoms with van der Waals surface area (Å²) in [6.45, 7) is 10.7. The predicted octanol–water partition coefficient (Wildman–Crippen LogP) is 2.59. The number of ether oxygens (including phenoxy) is 2. The van der Waals surface area contributed by atoms with Crippen LogP contribution < -0.4 is 0 Å². The summed E-state index contributed by atoms with van der Waals surface area (Å²) in [4.78, 5) is 26.0. The summed E-state index contributed by atoms with van der Waals surface area (Å²) in [5, 5.41) is 0. The number of carbonyl (C=O) groups excluding carboxylic acids is 2. The van der Waals surface area contributed by atoms with Crippen LogP contribution in [0.4, 0.5) is 0 Å². The molecule has 1 aromatic carbocycles. The summed E-state index contributed by atoms with van der Waals surface area (Å²) in [6.07, 6.45) is 0. The van der Waals surface area contributed by atoms with Gasteiger partial charge in [-0.15, -0.1) is 0 Å². The first-order valence-electron chi connectivity index (χ1n) is 7.53. The molecule has 0 spiro atoms. The van der Waals surface area contributed by atoms with E-state index in [1.54, 1.807) is 26.0 Å². The average molecular weight is 307 g/mol. The summed E-state index contributed by atoms with van der Waals surface area (Å²) in [6, 6.07) is 3.31. The number of carbonyl (C=O) groups is 2. The monoisotopic (exact) mass is 307 g/mol. The molecule has 5 heteroatoms. The van der Waals surface area contributed by atoms with Crippen LogP contribution in [0.15, 0.2) is 12.1 Å². The first-order chi connectivity index (χ1) is 10.4. The van der Waals surface area contributed by atoms with E-state index in [2.05, 4.69) is 18.7 Å². The summed E-state index contributed by atoms with van der Waals surface area (Å²) in [7, 11) is 1.34. The molecule has 0 aromatic heterocycles. The van der Waals surface area contributed by atoms with Crippen molar-refractivity contribution >= 4 is 11.9 Å². The number of benzene rings is 1. The quantitative estimate of drug-likeness (QED) is 0.725. The van der Waals surface area contributed by atoms with Gasteiger partial charge in [-0.05, 0) is 50.2 Å². The van der Waals surface area contributed by atoms with Crippen LogP contribution in [0.25, 0.3) is 0 Å². The van der Waals surface area contributed by atoms with Gasteiger partial charge in [-0.1, -0.05) is 13.8 Å². The van der Waals surface area contributed by atoms with Gasteiger partial charge in [-0.25, -0.2) is 9.59 Å². The van der Waals surface area contributed by atoms with Gasteiger partial charge >= 0.3 is 11.9 Å². The third-order valence-corrected chi connectivity index (χ3v) is 3.69. The SMILES string of the molecule is CCN(CC)CCOC(=O)c1c(C)cc(C(=O)OC)cc1C. The van der Waals surface area contributed by atoms with E-state index < -0.39 is 5.97 Å². The Morgan fingerprint density at radius 2 is 1.59 bits per heavy atom. The van der Waals surface area contributed by atoms with E-state index >= 15 is 0 Å². The van der Waals surface area contributed by atoms with Crippen LogP contribution in [0.2, 0.25) is 0 Å². The van der Waals surface area contributed by atoms with Gasteiger partial charge in [0.2, 0.25) is 0 Å². The van der Waals surface area contributed by atoms with Crippen molar-refractivity contribution in [2.75, 3.05) is 33.4 Å². The lowest BCUT2D eigenvalue weighted by molar-refractivity contribution is 0.0463. The molecule has 0 amide bonds. The molecule has 0 aliphatic heterocycles. The van der Waals surface area contributed by atoms with Gasteiger partial charge in [-0.3, -0.25) is 0 Å². The van der Waals surface area contributed by atoms with Crippen molar-refractivity contribution in [1.29, 1.82) is 0 Å². The molecule has 0 saturated carbocycles. The van der Waals surface area contributed by atoms with Gasteiger partial charge in [0.1, 0.15) is 6.61 Å². The van der Waals surface area contributed by atoms with E-state index in [0.717, 1.165) is 19.6 Å². The normalized spacial score (nSPS) is 10.6. The Balaban J connectivity index is 2.79. The van der Waals surface area contributed by atoms with Crippen molar-refractivity contribution in [2.45, 2.75) is 27.7 Å². The third-order valence-electron chi connectivity index (χ3n) is 3.69. The average Bonchev–Trinajstić information content (AvgIpc) is 2.50. The lowest BCUT2D eigenvalue weighted by atomic mass is 9.99. The minimum absolute atomic E-state index is 0.349. The topological polar surface area (TPSA) is 55.8 Å². The number of nitrogens with zero attached hydrogens (tertiary/aromatic N) is 1. The largest absolute Gasteiger partial charge is 0.465 e. The Hall–Kier alpha value is -1.88. The summed E-state index contributed by atoms with van der Waals surface area (Å²) < 4.78 is 10.1. The fourth-order valence-corrected chi connectivity index (χ4v) is 2.40. The van der Waals surface area contributed by atoms with Crippen molar-refractivity contribution in [3.05, 3.63) is 34.4 Å². The number of hydrogen-bond acceptors (Lipinski definition) is 5. The van der Waals surface area contributed by atoms with Gasteiger partial charge in [-0.2, -0.15) is 0 Å². The molecule has 0 bridgehead atoms. The van der Waals surface area contributed by atoms with E-state index in [9.17, 15) is 9.59 Å². The van der Waals surface area contributed by atoms with Gasteiger partial charge < -0.3 is 14.4 Å². The first kappa shape index (κ1) is 18.2. The van der Waals surface area contributed by atoms with Gasteiger partial charge in [0.25, 0.3) is 0 Å². The number of rotatable bonds is 7. The minimum atomic E-state index is -0.410. The highest BCUT2D eigenvalue weighted by molar-refractivity contribution is 5.96. The summed E-state index contributed by atoms with van der Waals surface area (Å²) in [5.74, 6) is -0.758. The Morgan fingerprint density at radius 1 is 1.05 bits per heavy atom. The highest BCUT2D eigenvalue weighted by atomic mass is 16.5. The molecule has 0 aliphatic carbocycles. The van der Waals surface area contributed by atoms with Crippen molar-refractivity contribution in [2.24, 2.45) is 0 Å². The van der Waals surface area contributed by atoms with E-state index in [4.69, 9.17) is 9.47 Å². The molecule has 0 aliphatic rings. The predicted molar refractivity (Wildman–Crippen MR) is 85.3 cm³/mol. The van der Waals surface area contributed by atoms with Crippen molar-refractivity contribution in [3.8, 4) is 0 Å². The second-order valence-electron chi connectivity index (χ2n) is 5.14. The molecule has 0 N–H and O–H groups in total. The maximum absolute atomic E-state index is 12.2. The second kappa shape index (κ2) is 8.54. The zero-order valence-corrected chi connectivity index (χ0v) is 14.1. The van der Waals surface area contributed by atoms with Crippen LogP contribution in [0.1, 0.15) is 45.7 Å². The Morgan fingerprint density at radius 3 is 2.05 bits per heavy atom. The van der Waals surface area contributed by atoms with Crippen molar-refractivity contribution in [1.82, 2.24) is 4.90 Å². The van der Waals surface area contributed by atoms with E-state index in [1.807, 2.05) is 0 Å². The first-order valence-corrected chi connectivity index (χ1v) is 7.53. The number of aryl methyl sites for hydroxylation is 2. The van der Waals surface area contributed by atoms with Crippen LogP contribution >= 0.6 is 0 Å². The van der Waals surface area contributed by atoms with E-state index in [-0.39, 0.29) is 5.97 Å². The van der Waals surface area contributed by atoms with Crippen molar-refractivity contribution in [3.63, 3.8) is 0 Å². The maximum Gasteiger partial charge on any atom is 0.338 e. The molecule has 1 rings (SSSR count). The van der Waals surface area contributed by atoms with Crippen LogP contribution in [0.3, 0.4) is 0 Å².